The Morgan fingerprint density at radius 2 is 1.97 bits per heavy atom. The molecule has 2 fully saturated rings. The third kappa shape index (κ3) is 4.00. The van der Waals surface area contributed by atoms with Crippen LogP contribution >= 0.6 is 0 Å². The highest BCUT2D eigenvalue weighted by atomic mass is 16.7. The molecule has 1 aromatic rings. The number of hydrazine groups is 1. The molecule has 178 valence electrons. The van der Waals surface area contributed by atoms with Crippen molar-refractivity contribution < 1.29 is 14.2 Å². The van der Waals surface area contributed by atoms with Crippen molar-refractivity contribution in [2.75, 3.05) is 38.0 Å². The van der Waals surface area contributed by atoms with Gasteiger partial charge in [-0.2, -0.15) is 0 Å². The van der Waals surface area contributed by atoms with Crippen LogP contribution in [0.15, 0.2) is 34.7 Å². The van der Waals surface area contributed by atoms with Crippen LogP contribution in [0.3, 0.4) is 0 Å². The van der Waals surface area contributed by atoms with E-state index in [0.29, 0.717) is 31.8 Å². The van der Waals surface area contributed by atoms with Gasteiger partial charge in [-0.15, -0.1) is 0 Å². The number of nitrogen functional groups attached to an aromatic ring is 1. The molecule has 0 aromatic heterocycles. The minimum atomic E-state index is -0.348. The maximum absolute atomic E-state index is 6.61. The largest absolute Gasteiger partial charge is 0.493 e. The molecule has 1 aliphatic carbocycles. The molecule has 0 amide bonds. The van der Waals surface area contributed by atoms with Crippen molar-refractivity contribution in [1.29, 1.82) is 0 Å². The first-order valence-electron chi connectivity index (χ1n) is 11.9. The molecule has 0 atom stereocenters. The first-order chi connectivity index (χ1) is 15.9. The normalized spacial score (nSPS) is 22.6. The highest BCUT2D eigenvalue weighted by molar-refractivity contribution is 6.05. The molecule has 4 N–H and O–H groups in total. The Morgan fingerprint density at radius 3 is 2.64 bits per heavy atom. The van der Waals surface area contributed by atoms with E-state index in [1.165, 1.54) is 5.56 Å². The summed E-state index contributed by atoms with van der Waals surface area (Å²) in [5, 5.41) is 5.66. The number of aliphatic imine (C=N–C) groups is 1. The van der Waals surface area contributed by atoms with Crippen molar-refractivity contribution in [3.8, 4) is 0 Å². The topological polar surface area (TPSA) is 93.4 Å². The van der Waals surface area contributed by atoms with Crippen LogP contribution in [0.1, 0.15) is 63.5 Å². The number of allylic oxidation sites excluding steroid dienone is 2. The van der Waals surface area contributed by atoms with Crippen LogP contribution in [0.5, 0.6) is 0 Å². The van der Waals surface area contributed by atoms with E-state index in [-0.39, 0.29) is 5.79 Å². The van der Waals surface area contributed by atoms with Crippen LogP contribution in [0, 0.1) is 0 Å². The van der Waals surface area contributed by atoms with Crippen LogP contribution in [-0.2, 0) is 14.2 Å². The first kappa shape index (κ1) is 22.3. The number of ether oxygens (including phenoxy) is 3. The minimum absolute atomic E-state index is 0.331. The maximum atomic E-state index is 6.61. The molecule has 3 heterocycles. The van der Waals surface area contributed by atoms with E-state index in [4.69, 9.17) is 19.9 Å². The molecular weight excluding hydrogens is 418 g/mol. The number of nitrogens with one attached hydrogen (secondary N) is 2. The summed E-state index contributed by atoms with van der Waals surface area (Å²) in [5.74, 6) is 1.60. The number of nitrogens with two attached hydrogens (primary N) is 1. The van der Waals surface area contributed by atoms with Crippen LogP contribution < -0.4 is 16.5 Å². The molecule has 0 bridgehead atoms. The van der Waals surface area contributed by atoms with E-state index < -0.39 is 0 Å². The number of fused-ring (bicyclic) bond motifs is 1. The summed E-state index contributed by atoms with van der Waals surface area (Å²) in [7, 11) is 1.70. The lowest BCUT2D eigenvalue weighted by atomic mass is 9.86. The summed E-state index contributed by atoms with van der Waals surface area (Å²) < 4.78 is 17.5. The van der Waals surface area contributed by atoms with Crippen LogP contribution in [0.25, 0.3) is 5.57 Å². The van der Waals surface area contributed by atoms with Gasteiger partial charge in [0, 0.05) is 36.2 Å². The van der Waals surface area contributed by atoms with Crippen molar-refractivity contribution in [2.24, 2.45) is 4.99 Å². The molecule has 1 spiro atoms. The number of benzene rings is 1. The highest BCUT2D eigenvalue weighted by Crippen LogP contribution is 2.41. The van der Waals surface area contributed by atoms with E-state index in [1.807, 2.05) is 5.01 Å². The fourth-order valence-corrected chi connectivity index (χ4v) is 5.33. The SMILES string of the molecule is COC1=C(C)C(c2cc(N)c(NC3CCC4(CC3)OCCO4)cc2C(C)C)=CN2NCN=C12. The van der Waals surface area contributed by atoms with Gasteiger partial charge < -0.3 is 25.3 Å². The lowest BCUT2D eigenvalue weighted by Crippen LogP contribution is -2.39. The zero-order valence-electron chi connectivity index (χ0n) is 20.0. The molecule has 4 aliphatic rings. The zero-order chi connectivity index (χ0) is 23.2. The molecule has 33 heavy (non-hydrogen) atoms. The maximum Gasteiger partial charge on any atom is 0.187 e. The third-order valence-corrected chi connectivity index (χ3v) is 7.16. The molecule has 1 aromatic carbocycles. The van der Waals surface area contributed by atoms with Crippen LogP contribution in [0.4, 0.5) is 11.4 Å². The number of amidine groups is 1. The smallest absolute Gasteiger partial charge is 0.187 e. The van der Waals surface area contributed by atoms with Gasteiger partial charge in [-0.25, -0.2) is 10.4 Å². The molecule has 1 saturated carbocycles. The molecule has 8 heteroatoms. The average Bonchev–Trinajstić information content (AvgIpc) is 3.46. The number of methoxy groups -OCH3 is 1. The zero-order valence-corrected chi connectivity index (χ0v) is 20.0. The molecule has 0 unspecified atom stereocenters. The Bertz CT molecular complexity index is 1010. The third-order valence-electron chi connectivity index (χ3n) is 7.16. The van der Waals surface area contributed by atoms with Crippen LogP contribution in [-0.4, -0.2) is 49.7 Å². The Kier molecular flexibility index (Phi) is 5.84. The van der Waals surface area contributed by atoms with E-state index >= 15 is 0 Å². The lowest BCUT2D eigenvalue weighted by molar-refractivity contribution is -0.177. The second-order valence-corrected chi connectivity index (χ2v) is 9.58. The van der Waals surface area contributed by atoms with E-state index in [0.717, 1.165) is 65.4 Å². The summed E-state index contributed by atoms with van der Waals surface area (Å²) in [6.07, 6.45) is 5.95. The number of hydrogen-bond acceptors (Lipinski definition) is 8. The Morgan fingerprint density at radius 1 is 1.24 bits per heavy atom. The van der Waals surface area contributed by atoms with Crippen molar-refractivity contribution >= 4 is 22.8 Å². The van der Waals surface area contributed by atoms with Crippen molar-refractivity contribution in [1.82, 2.24) is 10.4 Å². The van der Waals surface area contributed by atoms with Crippen LogP contribution in [0.2, 0.25) is 0 Å². The monoisotopic (exact) mass is 453 g/mol. The lowest BCUT2D eigenvalue weighted by Gasteiger charge is -2.36. The molecule has 3 aliphatic heterocycles. The highest BCUT2D eigenvalue weighted by Gasteiger charge is 2.40. The molecule has 5 rings (SSSR count). The van der Waals surface area contributed by atoms with Gasteiger partial charge in [-0.1, -0.05) is 13.8 Å². The second kappa shape index (κ2) is 8.66. The number of hydrogen-bond donors (Lipinski definition) is 3. The van der Waals surface area contributed by atoms with Crippen molar-refractivity contribution in [2.45, 2.75) is 64.2 Å². The summed E-state index contributed by atoms with van der Waals surface area (Å²) >= 11 is 0. The van der Waals surface area contributed by atoms with Gasteiger partial charge >= 0.3 is 0 Å². The molecule has 8 nitrogen and oxygen atoms in total. The van der Waals surface area contributed by atoms with E-state index in [9.17, 15) is 0 Å². The van der Waals surface area contributed by atoms with Gasteiger partial charge in [0.25, 0.3) is 0 Å². The Hall–Kier alpha value is -2.55. The Labute approximate surface area is 195 Å². The molecule has 0 radical (unpaired) electrons. The van der Waals surface area contributed by atoms with E-state index in [2.05, 4.69) is 54.8 Å². The summed E-state index contributed by atoms with van der Waals surface area (Å²) in [6, 6.07) is 4.69. The van der Waals surface area contributed by atoms with Gasteiger partial charge in [0.05, 0.1) is 31.7 Å². The summed E-state index contributed by atoms with van der Waals surface area (Å²) in [6.45, 7) is 8.48. The number of rotatable bonds is 5. The second-order valence-electron chi connectivity index (χ2n) is 9.58. The number of nitrogens with zero attached hydrogens (tertiary/aromatic N) is 2. The van der Waals surface area contributed by atoms with Gasteiger partial charge in [0.2, 0.25) is 0 Å². The number of anilines is 2. The fraction of sp³-hybridized carbons (Fsp3) is 0.560. The fourth-order valence-electron chi connectivity index (χ4n) is 5.33. The van der Waals surface area contributed by atoms with Gasteiger partial charge in [-0.3, -0.25) is 5.01 Å². The first-order valence-corrected chi connectivity index (χ1v) is 11.9. The Balaban J connectivity index is 1.43. The molecule has 1 saturated heterocycles. The van der Waals surface area contributed by atoms with Gasteiger partial charge in [-0.05, 0) is 48.9 Å². The van der Waals surface area contributed by atoms with Gasteiger partial charge in [0.15, 0.2) is 17.4 Å². The molecular formula is C25H35N5O3. The quantitative estimate of drug-likeness (QED) is 0.582. The summed E-state index contributed by atoms with van der Waals surface area (Å²) in [5.41, 5.74) is 16.2. The minimum Gasteiger partial charge on any atom is -0.493 e. The van der Waals surface area contributed by atoms with Crippen molar-refractivity contribution in [3.63, 3.8) is 0 Å². The predicted octanol–water partition coefficient (Wildman–Crippen LogP) is 3.94. The summed E-state index contributed by atoms with van der Waals surface area (Å²) in [4.78, 5) is 4.52. The van der Waals surface area contributed by atoms with Gasteiger partial charge in [0.1, 0.15) is 6.67 Å². The van der Waals surface area contributed by atoms with Crippen molar-refractivity contribution in [3.05, 3.63) is 40.8 Å². The average molecular weight is 454 g/mol. The van der Waals surface area contributed by atoms with E-state index in [1.54, 1.807) is 7.11 Å². The predicted molar refractivity (Wildman–Crippen MR) is 130 cm³/mol. The standard InChI is InChI=1S/C25H35N5O3/c1-15(2)18-12-22(29-17-5-7-25(8-6-17)32-9-10-33-25)21(26)11-19(18)20-13-30-24(27-14-28-30)23(31-4)16(20)3/h11-13,15,17,28-29H,5-10,14,26H2,1-4H3.